The molecule has 62 valence electrons. The second-order valence-electron chi connectivity index (χ2n) is 1.39. The average Bonchev–Trinajstić information content (AvgIpc) is 1.59. The van der Waals surface area contributed by atoms with Gasteiger partial charge in [-0.2, -0.15) is 13.2 Å². The smallest absolute Gasteiger partial charge is 0.427 e. The third-order valence-corrected chi connectivity index (χ3v) is 1.37. The number of rotatable bonds is 1. The molecule has 0 spiro atoms. The van der Waals surface area contributed by atoms with Crippen LogP contribution in [0.2, 0.25) is 0 Å². The topological polar surface area (TPSA) is 77.4 Å². The van der Waals surface area contributed by atoms with Crippen molar-refractivity contribution in [3.05, 3.63) is 0 Å². The number of aliphatic hydroxyl groups is 1. The van der Waals surface area contributed by atoms with Crippen molar-refractivity contribution in [2.75, 3.05) is 0 Å². The van der Waals surface area contributed by atoms with Gasteiger partial charge in [0.25, 0.3) is 0 Å². The molecule has 0 radical (unpaired) electrons. The lowest BCUT2D eigenvalue weighted by atomic mass is 10.7. The van der Waals surface area contributed by atoms with Crippen LogP contribution in [0.4, 0.5) is 13.2 Å². The van der Waals surface area contributed by atoms with Crippen molar-refractivity contribution >= 4 is 10.1 Å². The summed E-state index contributed by atoms with van der Waals surface area (Å²) in [5, 5.41) is 7.70. The summed E-state index contributed by atoms with van der Waals surface area (Å²) in [5.74, 6) is 0. The molecule has 0 fully saturated rings. The van der Waals surface area contributed by atoms with Crippen molar-refractivity contribution in [3.8, 4) is 0 Å². The molecule has 0 bridgehead atoms. The third-order valence-electron chi connectivity index (χ3n) is 0.553. The van der Waals surface area contributed by atoms with E-state index in [1.54, 1.807) is 0 Å². The standard InChI is InChI=1S/C2H3F3O4S/c3-2(4,5)1(6)10(7,8)9/h1,6H,(H,7,8,9)/p-1. The van der Waals surface area contributed by atoms with Crippen LogP contribution in [0.3, 0.4) is 0 Å². The van der Waals surface area contributed by atoms with Gasteiger partial charge in [0.1, 0.15) is 10.1 Å². The van der Waals surface area contributed by atoms with Crippen molar-refractivity contribution in [1.29, 1.82) is 0 Å². The molecule has 1 N–H and O–H groups in total. The van der Waals surface area contributed by atoms with Crippen LogP contribution in [-0.4, -0.2) is 29.7 Å². The van der Waals surface area contributed by atoms with E-state index in [9.17, 15) is 26.1 Å². The van der Waals surface area contributed by atoms with Crippen molar-refractivity contribution in [3.63, 3.8) is 0 Å². The lowest BCUT2D eigenvalue weighted by molar-refractivity contribution is -0.177. The molecule has 0 aliphatic carbocycles. The molecule has 10 heavy (non-hydrogen) atoms. The highest BCUT2D eigenvalue weighted by molar-refractivity contribution is 7.86. The molecule has 1 unspecified atom stereocenters. The average molecular weight is 179 g/mol. The van der Waals surface area contributed by atoms with Crippen LogP contribution >= 0.6 is 0 Å². The van der Waals surface area contributed by atoms with Crippen molar-refractivity contribution in [2.45, 2.75) is 11.6 Å². The molecule has 0 aromatic rings. The highest BCUT2D eigenvalue weighted by Crippen LogP contribution is 2.22. The summed E-state index contributed by atoms with van der Waals surface area (Å²) in [5.41, 5.74) is -3.82. The Morgan fingerprint density at radius 1 is 1.40 bits per heavy atom. The first-order chi connectivity index (χ1) is 4.15. The van der Waals surface area contributed by atoms with Gasteiger partial charge in [0.15, 0.2) is 0 Å². The molecule has 0 aliphatic rings. The molecule has 8 heteroatoms. The van der Waals surface area contributed by atoms with Gasteiger partial charge in [0.2, 0.25) is 5.44 Å². The van der Waals surface area contributed by atoms with Crippen molar-refractivity contribution < 1.29 is 31.2 Å². The summed E-state index contributed by atoms with van der Waals surface area (Å²) in [6.07, 6.45) is -5.40. The second kappa shape index (κ2) is 2.36. The van der Waals surface area contributed by atoms with E-state index >= 15 is 0 Å². The third kappa shape index (κ3) is 2.50. The minimum atomic E-state index is -5.68. The van der Waals surface area contributed by atoms with E-state index in [0.717, 1.165) is 0 Å². The second-order valence-corrected chi connectivity index (χ2v) is 2.82. The molecule has 0 aliphatic heterocycles. The van der Waals surface area contributed by atoms with Gasteiger partial charge in [0, 0.05) is 0 Å². The summed E-state index contributed by atoms with van der Waals surface area (Å²) < 4.78 is 61.7. The maximum atomic E-state index is 11.1. The highest BCUT2D eigenvalue weighted by atomic mass is 32.2. The van der Waals surface area contributed by atoms with E-state index in [1.165, 1.54) is 0 Å². The van der Waals surface area contributed by atoms with Crippen LogP contribution in [0.15, 0.2) is 0 Å². The molecule has 0 heterocycles. The molecule has 0 aromatic heterocycles. The van der Waals surface area contributed by atoms with Gasteiger partial charge in [-0.1, -0.05) is 0 Å². The van der Waals surface area contributed by atoms with Crippen LogP contribution in [0.5, 0.6) is 0 Å². The SMILES string of the molecule is O=S(=O)([O-])C(O)C(F)(F)F. The molecule has 1 atom stereocenters. The Morgan fingerprint density at radius 3 is 1.70 bits per heavy atom. The van der Waals surface area contributed by atoms with Gasteiger partial charge in [0.05, 0.1) is 0 Å². The van der Waals surface area contributed by atoms with Gasteiger partial charge in [-0.15, -0.1) is 0 Å². The van der Waals surface area contributed by atoms with Crippen LogP contribution in [0.1, 0.15) is 0 Å². The molecule has 0 amide bonds. The molecular weight excluding hydrogens is 177 g/mol. The minimum Gasteiger partial charge on any atom is -0.746 e. The largest absolute Gasteiger partial charge is 0.746 e. The van der Waals surface area contributed by atoms with E-state index in [-0.39, 0.29) is 0 Å². The summed E-state index contributed by atoms with van der Waals surface area (Å²) in [6, 6.07) is 0. The first-order valence-electron chi connectivity index (χ1n) is 1.85. The quantitative estimate of drug-likeness (QED) is 0.546. The van der Waals surface area contributed by atoms with Gasteiger partial charge in [-0.05, 0) is 0 Å². The van der Waals surface area contributed by atoms with Gasteiger partial charge in [-0.25, -0.2) is 8.42 Å². The zero-order chi connectivity index (χ0) is 8.58. The number of aliphatic hydroxyl groups excluding tert-OH is 1. The van der Waals surface area contributed by atoms with Gasteiger partial charge >= 0.3 is 6.18 Å². The Bertz CT molecular complexity index is 203. The van der Waals surface area contributed by atoms with Crippen LogP contribution in [-0.2, 0) is 10.1 Å². The van der Waals surface area contributed by atoms with Gasteiger partial charge < -0.3 is 9.66 Å². The number of hydrogen-bond donors (Lipinski definition) is 1. The summed E-state index contributed by atoms with van der Waals surface area (Å²) >= 11 is 0. The van der Waals surface area contributed by atoms with Gasteiger partial charge in [-0.3, -0.25) is 0 Å². The Kier molecular flexibility index (Phi) is 2.28. The lowest BCUT2D eigenvalue weighted by Crippen LogP contribution is -2.35. The van der Waals surface area contributed by atoms with Crippen LogP contribution < -0.4 is 0 Å². The molecule has 0 aromatic carbocycles. The van der Waals surface area contributed by atoms with Crippen LogP contribution in [0, 0.1) is 0 Å². The first kappa shape index (κ1) is 9.66. The van der Waals surface area contributed by atoms with E-state index < -0.39 is 21.7 Å². The van der Waals surface area contributed by atoms with Crippen molar-refractivity contribution in [1.82, 2.24) is 0 Å². The fraction of sp³-hybridized carbons (Fsp3) is 1.00. The Balaban J connectivity index is 4.56. The predicted molar refractivity (Wildman–Crippen MR) is 21.8 cm³/mol. The Morgan fingerprint density at radius 2 is 1.70 bits per heavy atom. The first-order valence-corrected chi connectivity index (χ1v) is 3.32. The van der Waals surface area contributed by atoms with E-state index in [2.05, 4.69) is 0 Å². The summed E-state index contributed by atoms with van der Waals surface area (Å²) in [4.78, 5) is 0. The molecule has 0 rings (SSSR count). The molecule has 4 nitrogen and oxygen atoms in total. The fourth-order valence-electron chi connectivity index (χ4n) is 0.164. The lowest BCUT2D eigenvalue weighted by Gasteiger charge is -2.16. The zero-order valence-corrected chi connectivity index (χ0v) is 5.11. The number of halogens is 3. The maximum Gasteiger partial charge on any atom is 0.427 e. The summed E-state index contributed by atoms with van der Waals surface area (Å²) in [7, 11) is -5.68. The fourth-order valence-corrected chi connectivity index (χ4v) is 0.491. The molecular formula is C2H2F3O4S-. The number of alkyl halides is 3. The molecule has 0 saturated carbocycles. The monoisotopic (exact) mass is 179 g/mol. The van der Waals surface area contributed by atoms with E-state index in [1.807, 2.05) is 0 Å². The summed E-state index contributed by atoms with van der Waals surface area (Å²) in [6.45, 7) is 0. The predicted octanol–water partition coefficient (Wildman–Crippen LogP) is -0.588. The normalized spacial score (nSPS) is 16.9. The number of hydrogen-bond acceptors (Lipinski definition) is 4. The van der Waals surface area contributed by atoms with Crippen LogP contribution in [0.25, 0.3) is 0 Å². The Hall–Kier alpha value is -0.340. The van der Waals surface area contributed by atoms with E-state index in [0.29, 0.717) is 0 Å². The maximum absolute atomic E-state index is 11.1. The highest BCUT2D eigenvalue weighted by Gasteiger charge is 2.43. The van der Waals surface area contributed by atoms with Crippen molar-refractivity contribution in [2.24, 2.45) is 0 Å². The van der Waals surface area contributed by atoms with E-state index in [4.69, 9.17) is 5.11 Å². The molecule has 0 saturated heterocycles. The zero-order valence-electron chi connectivity index (χ0n) is 4.29. The Labute approximate surface area is 54.0 Å². The minimum absolute atomic E-state index is 3.82.